The van der Waals surface area contributed by atoms with Gasteiger partial charge in [-0.3, -0.25) is 9.48 Å². The molecule has 0 spiro atoms. The highest BCUT2D eigenvalue weighted by Crippen LogP contribution is 2.18. The van der Waals surface area contributed by atoms with Crippen molar-refractivity contribution >= 4 is 12.1 Å². The minimum atomic E-state index is 0.650. The Hall–Kier alpha value is -2.17. The van der Waals surface area contributed by atoms with Gasteiger partial charge in [0.25, 0.3) is 0 Å². The topological polar surface area (TPSA) is 59.8 Å². The van der Waals surface area contributed by atoms with Crippen LogP contribution in [0.5, 0.6) is 0 Å². The smallest absolute Gasteiger partial charge is 0.211 e. The van der Waals surface area contributed by atoms with Crippen LogP contribution in [0.15, 0.2) is 30.5 Å². The Balaban J connectivity index is 2.27. The molecular weight excluding hydrogens is 192 g/mol. The van der Waals surface area contributed by atoms with Crippen LogP contribution in [0, 0.1) is 0 Å². The number of carbonyl (C=O) groups excluding carboxylic acids is 1. The molecular formula is C10H10N4O. The summed E-state index contributed by atoms with van der Waals surface area (Å²) in [4.78, 5) is 10.2. The molecule has 0 saturated heterocycles. The van der Waals surface area contributed by atoms with Gasteiger partial charge in [-0.15, -0.1) is 5.10 Å². The van der Waals surface area contributed by atoms with Crippen LogP contribution in [0.2, 0.25) is 0 Å². The minimum Gasteiger partial charge on any atom is -0.329 e. The lowest BCUT2D eigenvalue weighted by molar-refractivity contribution is -0.105. The summed E-state index contributed by atoms with van der Waals surface area (Å²) in [6.07, 6.45) is 2.49. The van der Waals surface area contributed by atoms with Gasteiger partial charge in [0.1, 0.15) is 5.69 Å². The summed E-state index contributed by atoms with van der Waals surface area (Å²) in [7, 11) is 1.82. The van der Waals surface area contributed by atoms with Crippen LogP contribution in [0.25, 0.3) is 11.3 Å². The standard InChI is InChI=1S/C10H10N4O/c1-14-6-10(12-13-14)8-2-4-9(5-3-8)11-7-15/h2-7H,1H3,(H,11,15). The number of hydrogen-bond donors (Lipinski definition) is 1. The van der Waals surface area contributed by atoms with Gasteiger partial charge in [-0.1, -0.05) is 17.3 Å². The van der Waals surface area contributed by atoms with E-state index in [0.29, 0.717) is 6.41 Å². The van der Waals surface area contributed by atoms with Crippen LogP contribution < -0.4 is 5.32 Å². The second kappa shape index (κ2) is 3.91. The van der Waals surface area contributed by atoms with Crippen LogP contribution in [-0.2, 0) is 11.8 Å². The zero-order valence-electron chi connectivity index (χ0n) is 8.21. The molecule has 0 radical (unpaired) electrons. The molecule has 5 heteroatoms. The van der Waals surface area contributed by atoms with Crippen molar-refractivity contribution in [1.29, 1.82) is 0 Å². The van der Waals surface area contributed by atoms with Gasteiger partial charge in [0.15, 0.2) is 0 Å². The molecule has 0 aliphatic heterocycles. The summed E-state index contributed by atoms with van der Waals surface area (Å²) in [5.41, 5.74) is 2.55. The maximum atomic E-state index is 10.2. The van der Waals surface area contributed by atoms with Gasteiger partial charge in [-0.2, -0.15) is 0 Å². The van der Waals surface area contributed by atoms with Gasteiger partial charge in [0.05, 0.1) is 6.20 Å². The Morgan fingerprint density at radius 1 is 1.33 bits per heavy atom. The third-order valence-corrected chi connectivity index (χ3v) is 2.01. The molecule has 0 aliphatic carbocycles. The molecule has 0 aliphatic rings. The molecule has 1 heterocycles. The van der Waals surface area contributed by atoms with Gasteiger partial charge in [0, 0.05) is 18.3 Å². The quantitative estimate of drug-likeness (QED) is 0.757. The first-order valence-electron chi connectivity index (χ1n) is 4.46. The van der Waals surface area contributed by atoms with E-state index < -0.39 is 0 Å². The molecule has 1 aromatic heterocycles. The summed E-state index contributed by atoms with van der Waals surface area (Å²) in [6, 6.07) is 7.41. The van der Waals surface area contributed by atoms with Crippen LogP contribution in [-0.4, -0.2) is 21.4 Å². The third kappa shape index (κ3) is 2.01. The van der Waals surface area contributed by atoms with Gasteiger partial charge in [0.2, 0.25) is 6.41 Å². The number of aromatic nitrogens is 3. The molecule has 1 N–H and O–H groups in total. The zero-order chi connectivity index (χ0) is 10.7. The third-order valence-electron chi connectivity index (χ3n) is 2.01. The fourth-order valence-electron chi connectivity index (χ4n) is 1.28. The molecule has 1 aromatic carbocycles. The van der Waals surface area contributed by atoms with Crippen molar-refractivity contribution in [1.82, 2.24) is 15.0 Å². The normalized spacial score (nSPS) is 9.93. The fraction of sp³-hybridized carbons (Fsp3) is 0.100. The van der Waals surface area contributed by atoms with E-state index in [1.807, 2.05) is 37.5 Å². The van der Waals surface area contributed by atoms with Crippen molar-refractivity contribution < 1.29 is 4.79 Å². The van der Waals surface area contributed by atoms with E-state index in [2.05, 4.69) is 15.6 Å². The minimum absolute atomic E-state index is 0.650. The summed E-state index contributed by atoms with van der Waals surface area (Å²) >= 11 is 0. The Morgan fingerprint density at radius 2 is 2.07 bits per heavy atom. The van der Waals surface area contributed by atoms with Gasteiger partial charge < -0.3 is 5.32 Å². The number of benzene rings is 1. The lowest BCUT2D eigenvalue weighted by Gasteiger charge is -1.99. The molecule has 2 aromatic rings. The number of amides is 1. The van der Waals surface area contributed by atoms with Crippen LogP contribution in [0.4, 0.5) is 5.69 Å². The predicted molar refractivity (Wildman–Crippen MR) is 56.1 cm³/mol. The van der Waals surface area contributed by atoms with E-state index in [1.54, 1.807) is 4.68 Å². The molecule has 15 heavy (non-hydrogen) atoms. The highest BCUT2D eigenvalue weighted by molar-refractivity contribution is 5.72. The summed E-state index contributed by atoms with van der Waals surface area (Å²) in [5, 5.41) is 10.4. The van der Waals surface area contributed by atoms with E-state index in [-0.39, 0.29) is 0 Å². The van der Waals surface area contributed by atoms with E-state index in [0.717, 1.165) is 16.9 Å². The van der Waals surface area contributed by atoms with E-state index in [9.17, 15) is 4.79 Å². The molecule has 0 saturated carbocycles. The first-order chi connectivity index (χ1) is 7.29. The van der Waals surface area contributed by atoms with Crippen molar-refractivity contribution in [3.05, 3.63) is 30.5 Å². The number of carbonyl (C=O) groups is 1. The second-order valence-electron chi connectivity index (χ2n) is 3.12. The average molecular weight is 202 g/mol. The summed E-state index contributed by atoms with van der Waals surface area (Å²) in [6.45, 7) is 0. The maximum Gasteiger partial charge on any atom is 0.211 e. The lowest BCUT2D eigenvalue weighted by Crippen LogP contribution is -1.92. The number of nitrogens with zero attached hydrogens (tertiary/aromatic N) is 3. The van der Waals surface area contributed by atoms with Crippen molar-refractivity contribution in [2.45, 2.75) is 0 Å². The molecule has 2 rings (SSSR count). The molecule has 0 bridgehead atoms. The van der Waals surface area contributed by atoms with E-state index in [4.69, 9.17) is 0 Å². The molecule has 5 nitrogen and oxygen atoms in total. The monoisotopic (exact) mass is 202 g/mol. The number of aryl methyl sites for hydroxylation is 1. The van der Waals surface area contributed by atoms with Gasteiger partial charge in [-0.25, -0.2) is 0 Å². The fourth-order valence-corrected chi connectivity index (χ4v) is 1.28. The summed E-state index contributed by atoms with van der Waals surface area (Å²) < 4.78 is 1.65. The van der Waals surface area contributed by atoms with Crippen LogP contribution in [0.1, 0.15) is 0 Å². The van der Waals surface area contributed by atoms with Crippen molar-refractivity contribution in [3.8, 4) is 11.3 Å². The molecule has 1 amide bonds. The zero-order valence-corrected chi connectivity index (χ0v) is 8.21. The Labute approximate surface area is 86.7 Å². The number of anilines is 1. The molecule has 0 fully saturated rings. The predicted octanol–water partition coefficient (Wildman–Crippen LogP) is 1.05. The highest BCUT2D eigenvalue weighted by Gasteiger charge is 2.01. The summed E-state index contributed by atoms with van der Waals surface area (Å²) in [5.74, 6) is 0. The number of rotatable bonds is 3. The average Bonchev–Trinajstić information content (AvgIpc) is 2.67. The second-order valence-corrected chi connectivity index (χ2v) is 3.12. The van der Waals surface area contributed by atoms with Crippen LogP contribution >= 0.6 is 0 Å². The Morgan fingerprint density at radius 3 is 2.60 bits per heavy atom. The Bertz CT molecular complexity index is 461. The SMILES string of the molecule is Cn1cc(-c2ccc(NC=O)cc2)nn1. The Kier molecular flexibility index (Phi) is 2.45. The van der Waals surface area contributed by atoms with Crippen molar-refractivity contribution in [3.63, 3.8) is 0 Å². The van der Waals surface area contributed by atoms with E-state index in [1.165, 1.54) is 0 Å². The molecule has 0 unspecified atom stereocenters. The van der Waals surface area contributed by atoms with Crippen molar-refractivity contribution in [2.24, 2.45) is 7.05 Å². The van der Waals surface area contributed by atoms with E-state index >= 15 is 0 Å². The van der Waals surface area contributed by atoms with Gasteiger partial charge in [-0.05, 0) is 12.1 Å². The number of nitrogens with one attached hydrogen (secondary N) is 1. The first-order valence-corrected chi connectivity index (χ1v) is 4.46. The van der Waals surface area contributed by atoms with Crippen molar-refractivity contribution in [2.75, 3.05) is 5.32 Å². The van der Waals surface area contributed by atoms with Crippen LogP contribution in [0.3, 0.4) is 0 Å². The highest BCUT2D eigenvalue weighted by atomic mass is 16.1. The molecule has 76 valence electrons. The number of hydrogen-bond acceptors (Lipinski definition) is 3. The largest absolute Gasteiger partial charge is 0.329 e. The maximum absolute atomic E-state index is 10.2. The lowest BCUT2D eigenvalue weighted by atomic mass is 10.1. The molecule has 0 atom stereocenters. The first kappa shape index (κ1) is 9.39. The van der Waals surface area contributed by atoms with Gasteiger partial charge >= 0.3 is 0 Å².